The summed E-state index contributed by atoms with van der Waals surface area (Å²) < 4.78 is 0.937. The lowest BCUT2D eigenvalue weighted by atomic mass is 9.76. The molecule has 0 radical (unpaired) electrons. The molecule has 1 saturated carbocycles. The minimum Gasteiger partial charge on any atom is -0.388 e. The van der Waals surface area contributed by atoms with Gasteiger partial charge in [-0.25, -0.2) is 0 Å². The van der Waals surface area contributed by atoms with E-state index in [2.05, 4.69) is 22.9 Å². The molecule has 1 aromatic rings. The fourth-order valence-corrected chi connectivity index (χ4v) is 3.89. The predicted octanol–water partition coefficient (Wildman–Crippen LogP) is 5.35. The first-order valence-corrected chi connectivity index (χ1v) is 7.91. The zero-order valence-electron chi connectivity index (χ0n) is 10.7. The highest BCUT2D eigenvalue weighted by Crippen LogP contribution is 2.39. The standard InChI is InChI=1S/C15H20BrClO/c1-2-10-4-3-5-11(6-10)15(18)12-7-13(16)9-14(17)8-12/h7-11,15,18H,2-6H2,1H3. The van der Waals surface area contributed by atoms with Crippen LogP contribution in [0.2, 0.25) is 5.02 Å². The van der Waals surface area contributed by atoms with E-state index in [1.807, 2.05) is 18.2 Å². The van der Waals surface area contributed by atoms with Crippen molar-refractivity contribution in [1.29, 1.82) is 0 Å². The molecule has 18 heavy (non-hydrogen) atoms. The highest BCUT2D eigenvalue weighted by Gasteiger charge is 2.27. The molecule has 0 saturated heterocycles. The van der Waals surface area contributed by atoms with Crippen molar-refractivity contribution in [1.82, 2.24) is 0 Å². The maximum Gasteiger partial charge on any atom is 0.0819 e. The smallest absolute Gasteiger partial charge is 0.0819 e. The Kier molecular flexibility index (Phi) is 5.11. The van der Waals surface area contributed by atoms with E-state index >= 15 is 0 Å². The van der Waals surface area contributed by atoms with Crippen LogP contribution in [0.5, 0.6) is 0 Å². The largest absolute Gasteiger partial charge is 0.388 e. The molecule has 1 fully saturated rings. The molecular weight excluding hydrogens is 312 g/mol. The number of hydrogen-bond acceptors (Lipinski definition) is 1. The van der Waals surface area contributed by atoms with E-state index in [0.717, 1.165) is 28.8 Å². The SMILES string of the molecule is CCC1CCCC(C(O)c2cc(Cl)cc(Br)c2)C1. The van der Waals surface area contributed by atoms with Gasteiger partial charge in [-0.15, -0.1) is 0 Å². The summed E-state index contributed by atoms with van der Waals surface area (Å²) in [5.74, 6) is 1.16. The zero-order valence-corrected chi connectivity index (χ0v) is 13.0. The van der Waals surface area contributed by atoms with Gasteiger partial charge in [-0.05, 0) is 48.4 Å². The summed E-state index contributed by atoms with van der Waals surface area (Å²) in [6, 6.07) is 5.71. The summed E-state index contributed by atoms with van der Waals surface area (Å²) in [6.07, 6.45) is 5.67. The number of aliphatic hydroxyl groups is 1. The van der Waals surface area contributed by atoms with Gasteiger partial charge in [0.1, 0.15) is 0 Å². The van der Waals surface area contributed by atoms with Gasteiger partial charge < -0.3 is 5.11 Å². The fraction of sp³-hybridized carbons (Fsp3) is 0.600. The Morgan fingerprint density at radius 3 is 2.83 bits per heavy atom. The average molecular weight is 332 g/mol. The van der Waals surface area contributed by atoms with E-state index in [9.17, 15) is 5.11 Å². The number of hydrogen-bond donors (Lipinski definition) is 1. The first-order valence-electron chi connectivity index (χ1n) is 6.74. The molecule has 3 heteroatoms. The quantitative estimate of drug-likeness (QED) is 0.791. The third-order valence-electron chi connectivity index (χ3n) is 4.07. The Balaban J connectivity index is 2.12. The van der Waals surface area contributed by atoms with Gasteiger partial charge in [-0.3, -0.25) is 0 Å². The van der Waals surface area contributed by atoms with Crippen molar-refractivity contribution in [3.05, 3.63) is 33.3 Å². The molecule has 1 nitrogen and oxygen atoms in total. The van der Waals surface area contributed by atoms with Crippen molar-refractivity contribution < 1.29 is 5.11 Å². The second kappa shape index (κ2) is 6.40. The molecular formula is C15H20BrClO. The number of halogens is 2. The van der Waals surface area contributed by atoms with Crippen LogP contribution in [0.3, 0.4) is 0 Å². The monoisotopic (exact) mass is 330 g/mol. The molecule has 0 spiro atoms. The predicted molar refractivity (Wildman–Crippen MR) is 79.9 cm³/mol. The molecule has 0 heterocycles. The van der Waals surface area contributed by atoms with Gasteiger partial charge in [0.15, 0.2) is 0 Å². The first-order chi connectivity index (χ1) is 8.60. The molecule has 1 aliphatic carbocycles. The second-order valence-electron chi connectivity index (χ2n) is 5.35. The van der Waals surface area contributed by atoms with Crippen LogP contribution in [0, 0.1) is 11.8 Å². The first kappa shape index (κ1) is 14.4. The van der Waals surface area contributed by atoms with Crippen molar-refractivity contribution in [3.8, 4) is 0 Å². The van der Waals surface area contributed by atoms with Crippen LogP contribution in [-0.4, -0.2) is 5.11 Å². The molecule has 1 aliphatic rings. The Labute approximate surface area is 123 Å². The van der Waals surface area contributed by atoms with Gasteiger partial charge in [0.2, 0.25) is 0 Å². The third kappa shape index (κ3) is 3.49. The van der Waals surface area contributed by atoms with Gasteiger partial charge >= 0.3 is 0 Å². The van der Waals surface area contributed by atoms with E-state index in [0.29, 0.717) is 10.9 Å². The van der Waals surface area contributed by atoms with Crippen molar-refractivity contribution >= 4 is 27.5 Å². The van der Waals surface area contributed by atoms with Crippen molar-refractivity contribution in [2.24, 2.45) is 11.8 Å². The van der Waals surface area contributed by atoms with Crippen molar-refractivity contribution in [2.45, 2.75) is 45.1 Å². The summed E-state index contributed by atoms with van der Waals surface area (Å²) in [6.45, 7) is 2.25. The van der Waals surface area contributed by atoms with Crippen LogP contribution in [0.1, 0.15) is 50.7 Å². The summed E-state index contributed by atoms with van der Waals surface area (Å²) in [7, 11) is 0. The topological polar surface area (TPSA) is 20.2 Å². The van der Waals surface area contributed by atoms with Gasteiger partial charge in [0, 0.05) is 9.50 Å². The lowest BCUT2D eigenvalue weighted by Crippen LogP contribution is -2.21. The van der Waals surface area contributed by atoms with Gasteiger partial charge in [-0.1, -0.05) is 53.7 Å². The summed E-state index contributed by atoms with van der Waals surface area (Å²) >= 11 is 9.48. The molecule has 3 unspecified atom stereocenters. The Bertz CT molecular complexity index is 387. The maximum atomic E-state index is 10.5. The molecule has 0 bridgehead atoms. The van der Waals surface area contributed by atoms with Gasteiger partial charge in [0.05, 0.1) is 6.10 Å². The molecule has 3 atom stereocenters. The maximum absolute atomic E-state index is 10.5. The lowest BCUT2D eigenvalue weighted by Gasteiger charge is -2.32. The van der Waals surface area contributed by atoms with Crippen LogP contribution >= 0.6 is 27.5 Å². The molecule has 0 aliphatic heterocycles. The number of rotatable bonds is 3. The second-order valence-corrected chi connectivity index (χ2v) is 6.70. The summed E-state index contributed by atoms with van der Waals surface area (Å²) in [5, 5.41) is 11.2. The number of benzene rings is 1. The van der Waals surface area contributed by atoms with Crippen LogP contribution in [0.4, 0.5) is 0 Å². The summed E-state index contributed by atoms with van der Waals surface area (Å²) in [4.78, 5) is 0. The van der Waals surface area contributed by atoms with E-state index in [4.69, 9.17) is 11.6 Å². The highest BCUT2D eigenvalue weighted by atomic mass is 79.9. The van der Waals surface area contributed by atoms with Gasteiger partial charge in [0.25, 0.3) is 0 Å². The minimum absolute atomic E-state index is 0.380. The Morgan fingerprint density at radius 1 is 1.39 bits per heavy atom. The number of aliphatic hydroxyl groups excluding tert-OH is 1. The Hall–Kier alpha value is -0.0500. The van der Waals surface area contributed by atoms with Gasteiger partial charge in [-0.2, -0.15) is 0 Å². The van der Waals surface area contributed by atoms with E-state index in [-0.39, 0.29) is 6.10 Å². The molecule has 2 rings (SSSR count). The molecule has 0 amide bonds. The fourth-order valence-electron chi connectivity index (χ4n) is 3.01. The van der Waals surface area contributed by atoms with Crippen LogP contribution in [0.15, 0.2) is 22.7 Å². The Morgan fingerprint density at radius 2 is 2.17 bits per heavy atom. The molecule has 1 N–H and O–H groups in total. The minimum atomic E-state index is -0.380. The average Bonchev–Trinajstić information content (AvgIpc) is 2.37. The lowest BCUT2D eigenvalue weighted by molar-refractivity contribution is 0.0678. The third-order valence-corrected chi connectivity index (χ3v) is 4.75. The van der Waals surface area contributed by atoms with Crippen LogP contribution < -0.4 is 0 Å². The molecule has 1 aromatic carbocycles. The van der Waals surface area contributed by atoms with E-state index in [1.165, 1.54) is 19.3 Å². The van der Waals surface area contributed by atoms with Crippen LogP contribution in [-0.2, 0) is 0 Å². The molecule has 0 aromatic heterocycles. The van der Waals surface area contributed by atoms with Crippen molar-refractivity contribution in [3.63, 3.8) is 0 Å². The zero-order chi connectivity index (χ0) is 13.1. The highest BCUT2D eigenvalue weighted by molar-refractivity contribution is 9.10. The van der Waals surface area contributed by atoms with E-state index < -0.39 is 0 Å². The van der Waals surface area contributed by atoms with Crippen molar-refractivity contribution in [2.75, 3.05) is 0 Å². The normalized spacial score (nSPS) is 26.0. The molecule has 100 valence electrons. The van der Waals surface area contributed by atoms with E-state index in [1.54, 1.807) is 0 Å². The van der Waals surface area contributed by atoms with Crippen LogP contribution in [0.25, 0.3) is 0 Å². The summed E-state index contributed by atoms with van der Waals surface area (Å²) in [5.41, 5.74) is 0.941.